The van der Waals surface area contributed by atoms with Crippen LogP contribution in [0.4, 0.5) is 4.39 Å². The molecule has 0 aliphatic rings. The molecule has 4 rings (SSSR count). The van der Waals surface area contributed by atoms with Gasteiger partial charge in [-0.2, -0.15) is 5.10 Å². The summed E-state index contributed by atoms with van der Waals surface area (Å²) in [5.74, 6) is -1.53. The van der Waals surface area contributed by atoms with E-state index in [4.69, 9.17) is 23.2 Å². The van der Waals surface area contributed by atoms with Crippen LogP contribution >= 0.6 is 23.2 Å². The van der Waals surface area contributed by atoms with Crippen molar-refractivity contribution >= 4 is 34.8 Å². The monoisotopic (exact) mass is 401 g/mol. The summed E-state index contributed by atoms with van der Waals surface area (Å²) in [5, 5.41) is 14.7. The van der Waals surface area contributed by atoms with E-state index in [0.29, 0.717) is 38.2 Å². The summed E-state index contributed by atoms with van der Waals surface area (Å²) in [6.07, 6.45) is 0. The van der Waals surface area contributed by atoms with Crippen molar-refractivity contribution in [1.29, 1.82) is 0 Å². The van der Waals surface area contributed by atoms with Crippen molar-refractivity contribution in [3.05, 3.63) is 76.2 Å². The van der Waals surface area contributed by atoms with Crippen molar-refractivity contribution in [2.45, 2.75) is 0 Å². The summed E-state index contributed by atoms with van der Waals surface area (Å²) >= 11 is 12.2. The highest BCUT2D eigenvalue weighted by atomic mass is 35.5. The van der Waals surface area contributed by atoms with Gasteiger partial charge in [0.25, 0.3) is 0 Å². The maximum absolute atomic E-state index is 13.1. The summed E-state index contributed by atoms with van der Waals surface area (Å²) < 4.78 is 14.4. The smallest absolute Gasteiger partial charge is 0.354 e. The van der Waals surface area contributed by atoms with Gasteiger partial charge < -0.3 is 5.11 Å². The molecule has 8 heteroatoms. The van der Waals surface area contributed by atoms with Gasteiger partial charge in [0.2, 0.25) is 0 Å². The number of fused-ring (bicyclic) bond motifs is 1. The Morgan fingerprint density at radius 2 is 1.74 bits per heavy atom. The number of nitrogens with zero attached hydrogens (tertiary/aromatic N) is 3. The number of carbonyl (C=O) groups is 1. The molecule has 27 heavy (non-hydrogen) atoms. The van der Waals surface area contributed by atoms with E-state index in [1.165, 1.54) is 22.7 Å². The maximum Gasteiger partial charge on any atom is 0.354 e. The number of aromatic carboxylic acids is 1. The molecule has 0 amide bonds. The first-order chi connectivity index (χ1) is 12.9. The first-order valence-corrected chi connectivity index (χ1v) is 8.53. The molecule has 0 aliphatic carbocycles. The standard InChI is InChI=1S/C19H10Cl2FN3O2/c20-11-3-6-13(14(21)7-11)16-8-17(19(26)27)25-18(23-16)9-15(24-25)10-1-4-12(22)5-2-10/h1-9H,(H,26,27). The Bertz CT molecular complexity index is 1190. The first-order valence-electron chi connectivity index (χ1n) is 7.78. The van der Waals surface area contributed by atoms with Crippen LogP contribution in [0.2, 0.25) is 10.0 Å². The Morgan fingerprint density at radius 1 is 1.00 bits per heavy atom. The van der Waals surface area contributed by atoms with Gasteiger partial charge in [-0.15, -0.1) is 0 Å². The molecule has 0 atom stereocenters. The minimum absolute atomic E-state index is 0.0746. The summed E-state index contributed by atoms with van der Waals surface area (Å²) in [5.41, 5.74) is 2.31. The maximum atomic E-state index is 13.1. The number of hydrogen-bond donors (Lipinski definition) is 1. The Kier molecular flexibility index (Phi) is 4.30. The van der Waals surface area contributed by atoms with E-state index in [0.717, 1.165) is 0 Å². The van der Waals surface area contributed by atoms with Crippen LogP contribution in [-0.4, -0.2) is 25.7 Å². The third kappa shape index (κ3) is 3.25. The highest BCUT2D eigenvalue weighted by molar-refractivity contribution is 6.36. The molecule has 0 bridgehead atoms. The van der Waals surface area contributed by atoms with Crippen LogP contribution in [0.3, 0.4) is 0 Å². The van der Waals surface area contributed by atoms with E-state index in [9.17, 15) is 14.3 Å². The zero-order valence-electron chi connectivity index (χ0n) is 13.5. The molecule has 5 nitrogen and oxygen atoms in total. The third-order valence-electron chi connectivity index (χ3n) is 3.99. The van der Waals surface area contributed by atoms with Gasteiger partial charge in [0.1, 0.15) is 5.82 Å². The molecular formula is C19H10Cl2FN3O2. The quantitative estimate of drug-likeness (QED) is 0.511. The lowest BCUT2D eigenvalue weighted by atomic mass is 10.1. The number of aromatic nitrogens is 3. The van der Waals surface area contributed by atoms with Crippen molar-refractivity contribution in [2.75, 3.05) is 0 Å². The number of benzene rings is 2. The normalized spacial score (nSPS) is 11.1. The van der Waals surface area contributed by atoms with Gasteiger partial charge in [0.05, 0.1) is 16.4 Å². The van der Waals surface area contributed by atoms with E-state index in [-0.39, 0.29) is 11.5 Å². The van der Waals surface area contributed by atoms with Crippen LogP contribution in [0.25, 0.3) is 28.2 Å². The topological polar surface area (TPSA) is 67.5 Å². The van der Waals surface area contributed by atoms with Gasteiger partial charge in [-0.3, -0.25) is 0 Å². The van der Waals surface area contributed by atoms with E-state index >= 15 is 0 Å². The van der Waals surface area contributed by atoms with Crippen LogP contribution in [0.1, 0.15) is 10.5 Å². The Hall–Kier alpha value is -2.96. The van der Waals surface area contributed by atoms with Crippen LogP contribution in [0.15, 0.2) is 54.6 Å². The second-order valence-electron chi connectivity index (χ2n) is 5.76. The Morgan fingerprint density at radius 3 is 2.41 bits per heavy atom. The molecule has 1 N–H and O–H groups in total. The van der Waals surface area contributed by atoms with Crippen LogP contribution in [0.5, 0.6) is 0 Å². The first kappa shape index (κ1) is 17.5. The summed E-state index contributed by atoms with van der Waals surface area (Å²) in [7, 11) is 0. The summed E-state index contributed by atoms with van der Waals surface area (Å²) in [4.78, 5) is 16.2. The lowest BCUT2D eigenvalue weighted by Gasteiger charge is -2.07. The van der Waals surface area contributed by atoms with Crippen LogP contribution < -0.4 is 0 Å². The fraction of sp³-hybridized carbons (Fsp3) is 0. The molecule has 0 spiro atoms. The van der Waals surface area contributed by atoms with Gasteiger partial charge in [0, 0.05) is 22.2 Å². The Balaban J connectivity index is 1.93. The van der Waals surface area contributed by atoms with Gasteiger partial charge in [-0.05, 0) is 48.5 Å². The molecular weight excluding hydrogens is 392 g/mol. The summed E-state index contributed by atoms with van der Waals surface area (Å²) in [6, 6.07) is 13.7. The van der Waals surface area contributed by atoms with Gasteiger partial charge in [-0.25, -0.2) is 18.7 Å². The average molecular weight is 402 g/mol. The molecule has 0 saturated heterocycles. The van der Waals surface area contributed by atoms with Crippen molar-refractivity contribution in [3.8, 4) is 22.5 Å². The van der Waals surface area contributed by atoms with Gasteiger partial charge >= 0.3 is 5.97 Å². The lowest BCUT2D eigenvalue weighted by molar-refractivity contribution is 0.0687. The van der Waals surface area contributed by atoms with Crippen molar-refractivity contribution < 1.29 is 14.3 Å². The van der Waals surface area contributed by atoms with Crippen molar-refractivity contribution in [1.82, 2.24) is 14.6 Å². The molecule has 0 fully saturated rings. The largest absolute Gasteiger partial charge is 0.477 e. The van der Waals surface area contributed by atoms with Gasteiger partial charge in [-0.1, -0.05) is 23.2 Å². The number of halogens is 3. The zero-order valence-corrected chi connectivity index (χ0v) is 15.0. The average Bonchev–Trinajstić information content (AvgIpc) is 3.05. The van der Waals surface area contributed by atoms with Crippen molar-refractivity contribution in [3.63, 3.8) is 0 Å². The molecule has 0 aliphatic heterocycles. The molecule has 2 aromatic heterocycles. The predicted molar refractivity (Wildman–Crippen MR) is 101 cm³/mol. The molecule has 2 heterocycles. The molecule has 4 aromatic rings. The molecule has 0 unspecified atom stereocenters. The fourth-order valence-electron chi connectivity index (χ4n) is 2.72. The highest BCUT2D eigenvalue weighted by Crippen LogP contribution is 2.31. The number of rotatable bonds is 3. The van der Waals surface area contributed by atoms with E-state index in [1.807, 2.05) is 0 Å². The molecule has 2 aromatic carbocycles. The fourth-order valence-corrected chi connectivity index (χ4v) is 3.23. The van der Waals surface area contributed by atoms with Gasteiger partial charge in [0.15, 0.2) is 11.3 Å². The minimum Gasteiger partial charge on any atom is -0.477 e. The zero-order chi connectivity index (χ0) is 19.1. The summed E-state index contributed by atoms with van der Waals surface area (Å²) in [6.45, 7) is 0. The molecule has 0 saturated carbocycles. The van der Waals surface area contributed by atoms with Crippen LogP contribution in [-0.2, 0) is 0 Å². The van der Waals surface area contributed by atoms with Crippen LogP contribution in [0, 0.1) is 5.82 Å². The number of carboxylic acid groups (broad SMARTS) is 1. The highest BCUT2D eigenvalue weighted by Gasteiger charge is 2.17. The second-order valence-corrected chi connectivity index (χ2v) is 6.61. The number of carboxylic acids is 1. The predicted octanol–water partition coefficient (Wildman–Crippen LogP) is 5.21. The SMILES string of the molecule is O=C(O)c1cc(-c2ccc(Cl)cc2Cl)nc2cc(-c3ccc(F)cc3)nn12. The molecule has 0 radical (unpaired) electrons. The van der Waals surface area contributed by atoms with Crippen molar-refractivity contribution in [2.24, 2.45) is 0 Å². The van der Waals surface area contributed by atoms with E-state index in [2.05, 4.69) is 10.1 Å². The lowest BCUT2D eigenvalue weighted by Crippen LogP contribution is -2.08. The Labute approximate surface area is 162 Å². The van der Waals surface area contributed by atoms with E-state index in [1.54, 1.807) is 36.4 Å². The third-order valence-corrected chi connectivity index (χ3v) is 4.54. The van der Waals surface area contributed by atoms with E-state index < -0.39 is 5.97 Å². The molecule has 134 valence electrons. The number of hydrogen-bond acceptors (Lipinski definition) is 3. The second kappa shape index (κ2) is 6.64. The minimum atomic E-state index is -1.16.